The molecule has 5 rings (SSSR count). The first-order valence-corrected chi connectivity index (χ1v) is 15.0. The minimum Gasteiger partial charge on any atom is -1.00 e. The average Bonchev–Trinajstić information content (AvgIpc) is 3.27. The van der Waals surface area contributed by atoms with Crippen molar-refractivity contribution >= 4 is 6.48 Å². The molecule has 33 heavy (non-hydrogen) atoms. The van der Waals surface area contributed by atoms with E-state index in [1.165, 1.54) is 33.4 Å². The van der Waals surface area contributed by atoms with Gasteiger partial charge in [-0.2, -0.15) is 0 Å². The monoisotopic (exact) mass is 550 g/mol. The van der Waals surface area contributed by atoms with E-state index in [1.807, 2.05) is 0 Å². The molecule has 2 aliphatic carbocycles. The smallest absolute Gasteiger partial charge is 1.00 e. The van der Waals surface area contributed by atoms with Crippen LogP contribution in [0.2, 0.25) is 0 Å². The van der Waals surface area contributed by atoms with Crippen molar-refractivity contribution in [2.24, 2.45) is 5.92 Å². The standard InChI is InChI=1S/C13H9.C9H10.C8H11.2ClH.Zr/c1-3-7-12-10(5-1)9-11-6-2-4-8-13(11)12;1-3-9-6-4-8(2)5-7-9;1-6-4-7(2)8(3)5-6;;;/h1-5,7-8H,9H2;4-7H,1-2H3;4,6H,1-3H3;2*1H;/q;;;;;+2/p-2. The molecule has 1 atom stereocenters. The van der Waals surface area contributed by atoms with Gasteiger partial charge in [0, 0.05) is 0 Å². The molecule has 0 bridgehead atoms. The summed E-state index contributed by atoms with van der Waals surface area (Å²) in [6.45, 7) is 11.7. The third kappa shape index (κ3) is 4.58. The number of rotatable bonds is 3. The fourth-order valence-corrected chi connectivity index (χ4v) is 13.9. The van der Waals surface area contributed by atoms with Crippen molar-refractivity contribution < 1.29 is 46.1 Å². The summed E-state index contributed by atoms with van der Waals surface area (Å²) in [5.74, 6) is 0.550. The van der Waals surface area contributed by atoms with Crippen LogP contribution < -0.4 is 28.1 Å². The van der Waals surface area contributed by atoms with Crippen LogP contribution in [-0.2, 0) is 27.7 Å². The molecular formula is C30H30Cl2Zr. The maximum Gasteiger partial charge on any atom is -1.00 e. The van der Waals surface area contributed by atoms with Gasteiger partial charge in [0.1, 0.15) is 0 Å². The van der Waals surface area contributed by atoms with Crippen molar-refractivity contribution in [1.29, 1.82) is 0 Å². The minimum atomic E-state index is -2.34. The van der Waals surface area contributed by atoms with Crippen LogP contribution in [0.4, 0.5) is 0 Å². The molecule has 0 heterocycles. The van der Waals surface area contributed by atoms with Crippen molar-refractivity contribution in [3.8, 4) is 11.1 Å². The second-order valence-electron chi connectivity index (χ2n) is 9.21. The molecule has 0 saturated carbocycles. The van der Waals surface area contributed by atoms with E-state index in [0.717, 1.165) is 6.42 Å². The first-order valence-electron chi connectivity index (χ1n) is 11.3. The van der Waals surface area contributed by atoms with Crippen LogP contribution >= 0.6 is 0 Å². The molecule has 0 aliphatic heterocycles. The van der Waals surface area contributed by atoms with Crippen molar-refractivity contribution in [3.63, 3.8) is 0 Å². The van der Waals surface area contributed by atoms with E-state index in [4.69, 9.17) is 0 Å². The molecule has 0 spiro atoms. The van der Waals surface area contributed by atoms with Crippen LogP contribution in [0.1, 0.15) is 49.9 Å². The third-order valence-corrected chi connectivity index (χ3v) is 15.6. The fourth-order valence-electron chi connectivity index (χ4n) is 5.44. The van der Waals surface area contributed by atoms with E-state index in [1.54, 1.807) is 20.9 Å². The summed E-state index contributed by atoms with van der Waals surface area (Å²) in [5, 5.41) is 0. The second kappa shape index (κ2) is 10.4. The SMILES string of the molecule is CC1=CC(C)[C](/[Zr+2](=[C](\C)c2ccc(C)cc2)[c]2cccc3c2Cc2ccccc2-3)=C1C.[Cl-].[Cl-]. The Bertz CT molecular complexity index is 1290. The van der Waals surface area contributed by atoms with Crippen LogP contribution in [0, 0.1) is 12.8 Å². The van der Waals surface area contributed by atoms with Gasteiger partial charge in [-0.15, -0.1) is 0 Å². The summed E-state index contributed by atoms with van der Waals surface area (Å²) < 4.78 is 5.09. The number of benzene rings is 3. The molecule has 0 radical (unpaired) electrons. The Morgan fingerprint density at radius 1 is 0.818 bits per heavy atom. The van der Waals surface area contributed by atoms with Gasteiger partial charge in [-0.1, -0.05) is 0 Å². The average molecular weight is 553 g/mol. The molecule has 168 valence electrons. The topological polar surface area (TPSA) is 0 Å². The van der Waals surface area contributed by atoms with Gasteiger partial charge in [0.2, 0.25) is 0 Å². The Labute approximate surface area is 218 Å². The molecule has 0 nitrogen and oxygen atoms in total. The number of aryl methyl sites for hydroxylation is 1. The number of hydrogen-bond acceptors (Lipinski definition) is 0. The predicted octanol–water partition coefficient (Wildman–Crippen LogP) is 0.928. The van der Waals surface area contributed by atoms with Crippen molar-refractivity contribution in [2.45, 2.75) is 41.0 Å². The van der Waals surface area contributed by atoms with E-state index in [0.29, 0.717) is 5.92 Å². The van der Waals surface area contributed by atoms with Crippen molar-refractivity contribution in [1.82, 2.24) is 0 Å². The summed E-state index contributed by atoms with van der Waals surface area (Å²) in [5.41, 5.74) is 11.8. The van der Waals surface area contributed by atoms with Gasteiger partial charge < -0.3 is 24.8 Å². The van der Waals surface area contributed by atoms with Gasteiger partial charge in [0.15, 0.2) is 0 Å². The number of halogens is 2. The quantitative estimate of drug-likeness (QED) is 0.355. The van der Waals surface area contributed by atoms with E-state index in [9.17, 15) is 0 Å². The number of allylic oxidation sites excluding steroid dienone is 4. The molecule has 3 heteroatoms. The van der Waals surface area contributed by atoms with Crippen LogP contribution in [0.3, 0.4) is 0 Å². The first-order chi connectivity index (χ1) is 15.0. The molecule has 0 amide bonds. The Kier molecular flexibility index (Phi) is 8.21. The van der Waals surface area contributed by atoms with Crippen LogP contribution in [0.25, 0.3) is 11.1 Å². The summed E-state index contributed by atoms with van der Waals surface area (Å²) in [4.78, 5) is 0. The largest absolute Gasteiger partial charge is 1.00 e. The van der Waals surface area contributed by atoms with Gasteiger partial charge in [-0.3, -0.25) is 0 Å². The molecule has 0 aromatic heterocycles. The van der Waals surface area contributed by atoms with Crippen LogP contribution in [-0.4, -0.2) is 3.21 Å². The number of fused-ring (bicyclic) bond motifs is 3. The Morgan fingerprint density at radius 3 is 2.15 bits per heavy atom. The molecule has 3 aromatic carbocycles. The van der Waals surface area contributed by atoms with E-state index in [2.05, 4.69) is 107 Å². The maximum absolute atomic E-state index is 2.49. The van der Waals surface area contributed by atoms with Gasteiger partial charge >= 0.3 is 195 Å². The zero-order chi connectivity index (χ0) is 21.7. The Hall–Kier alpha value is -1.53. The van der Waals surface area contributed by atoms with Crippen molar-refractivity contribution in [3.05, 3.63) is 109 Å². The summed E-state index contributed by atoms with van der Waals surface area (Å²) in [6, 6.07) is 25.4. The Morgan fingerprint density at radius 2 is 1.48 bits per heavy atom. The molecule has 3 aromatic rings. The van der Waals surface area contributed by atoms with E-state index >= 15 is 0 Å². The molecule has 0 saturated heterocycles. The molecule has 0 fully saturated rings. The normalized spacial score (nSPS) is 16.3. The maximum atomic E-state index is 2.49. The first kappa shape index (κ1) is 26.1. The zero-order valence-corrected chi connectivity index (χ0v) is 23.9. The van der Waals surface area contributed by atoms with Crippen molar-refractivity contribution in [2.75, 3.05) is 0 Å². The van der Waals surface area contributed by atoms with Crippen LogP contribution in [0.15, 0.2) is 87.2 Å². The van der Waals surface area contributed by atoms with Gasteiger partial charge in [0.25, 0.3) is 0 Å². The molecule has 2 aliphatic rings. The van der Waals surface area contributed by atoms with E-state index < -0.39 is 21.3 Å². The molecule has 0 N–H and O–H groups in total. The summed E-state index contributed by atoms with van der Waals surface area (Å²) in [7, 11) is 0. The number of hydrogen-bond donors (Lipinski definition) is 0. The van der Waals surface area contributed by atoms with Crippen LogP contribution in [0.5, 0.6) is 0 Å². The fraction of sp³-hybridized carbons (Fsp3) is 0.233. The van der Waals surface area contributed by atoms with Gasteiger partial charge in [0.05, 0.1) is 0 Å². The third-order valence-electron chi connectivity index (χ3n) is 7.20. The molecular weight excluding hydrogens is 522 g/mol. The second-order valence-corrected chi connectivity index (χ2v) is 15.5. The summed E-state index contributed by atoms with van der Waals surface area (Å²) >= 11 is -2.34. The van der Waals surface area contributed by atoms with Gasteiger partial charge in [-0.25, -0.2) is 0 Å². The zero-order valence-electron chi connectivity index (χ0n) is 20.0. The summed E-state index contributed by atoms with van der Waals surface area (Å²) in [6.07, 6.45) is 3.58. The Balaban J connectivity index is 0.00000153. The molecule has 1 unspecified atom stereocenters. The van der Waals surface area contributed by atoms with Gasteiger partial charge in [-0.05, 0) is 0 Å². The minimum absolute atomic E-state index is 0. The predicted molar refractivity (Wildman–Crippen MR) is 131 cm³/mol. The van der Waals surface area contributed by atoms with E-state index in [-0.39, 0.29) is 24.8 Å².